The van der Waals surface area contributed by atoms with Gasteiger partial charge in [-0.2, -0.15) is 0 Å². The van der Waals surface area contributed by atoms with Gasteiger partial charge in [0.15, 0.2) is 11.6 Å². The number of unbranched alkanes of at least 4 members (excludes halogenated alkanes) is 5. The average molecular weight is 299 g/mol. The molecule has 1 aromatic rings. The lowest BCUT2D eigenvalue weighted by molar-refractivity contribution is 0.0952. The highest BCUT2D eigenvalue weighted by Crippen LogP contribution is 2.19. The van der Waals surface area contributed by atoms with Gasteiger partial charge in [-0.1, -0.05) is 39.0 Å². The van der Waals surface area contributed by atoms with Crippen LogP contribution < -0.4 is 16.6 Å². The van der Waals surface area contributed by atoms with Crippen molar-refractivity contribution in [2.45, 2.75) is 45.4 Å². The highest BCUT2D eigenvalue weighted by atomic mass is 19.1. The predicted molar refractivity (Wildman–Crippen MR) is 79.9 cm³/mol. The van der Waals surface area contributed by atoms with Crippen LogP contribution in [0.1, 0.15) is 55.8 Å². The molecule has 0 heterocycles. The fourth-order valence-electron chi connectivity index (χ4n) is 2.05. The van der Waals surface area contributed by atoms with Gasteiger partial charge in [-0.25, -0.2) is 8.78 Å². The molecule has 21 heavy (non-hydrogen) atoms. The molecular formula is C15H23F2N3O. The molecule has 1 amide bonds. The number of halogens is 2. The number of hydrazine groups is 1. The summed E-state index contributed by atoms with van der Waals surface area (Å²) < 4.78 is 26.9. The molecule has 0 aliphatic heterocycles. The number of carbonyl (C=O) groups is 1. The average Bonchev–Trinajstić information content (AvgIpc) is 2.45. The summed E-state index contributed by atoms with van der Waals surface area (Å²) in [5, 5.41) is 2.66. The number of rotatable bonds is 9. The van der Waals surface area contributed by atoms with Crippen molar-refractivity contribution in [1.29, 1.82) is 0 Å². The van der Waals surface area contributed by atoms with Gasteiger partial charge in [0.1, 0.15) is 5.69 Å². The van der Waals surface area contributed by atoms with Crippen molar-refractivity contribution in [2.24, 2.45) is 5.84 Å². The van der Waals surface area contributed by atoms with Crippen LogP contribution in [-0.2, 0) is 0 Å². The van der Waals surface area contributed by atoms with Crippen molar-refractivity contribution >= 4 is 11.6 Å². The molecule has 0 fully saturated rings. The summed E-state index contributed by atoms with van der Waals surface area (Å²) >= 11 is 0. The van der Waals surface area contributed by atoms with Crippen molar-refractivity contribution in [2.75, 3.05) is 12.0 Å². The Labute approximate surface area is 124 Å². The topological polar surface area (TPSA) is 67.2 Å². The summed E-state index contributed by atoms with van der Waals surface area (Å²) in [6.45, 7) is 2.66. The van der Waals surface area contributed by atoms with Crippen molar-refractivity contribution < 1.29 is 13.6 Å². The molecule has 0 atom stereocenters. The molecule has 0 aromatic heterocycles. The monoisotopic (exact) mass is 299 g/mol. The quantitative estimate of drug-likeness (QED) is 0.372. The van der Waals surface area contributed by atoms with E-state index >= 15 is 0 Å². The number of benzene rings is 1. The third-order valence-electron chi connectivity index (χ3n) is 3.26. The fourth-order valence-corrected chi connectivity index (χ4v) is 2.05. The van der Waals surface area contributed by atoms with Crippen LogP contribution in [0.3, 0.4) is 0 Å². The molecule has 0 unspecified atom stereocenters. The molecule has 0 aliphatic carbocycles. The van der Waals surface area contributed by atoms with Gasteiger partial charge in [0.05, 0.1) is 0 Å². The van der Waals surface area contributed by atoms with E-state index in [1.54, 1.807) is 0 Å². The van der Waals surface area contributed by atoms with Crippen molar-refractivity contribution in [3.63, 3.8) is 0 Å². The number of nitrogen functional groups attached to an aromatic ring is 1. The molecule has 4 nitrogen and oxygen atoms in total. The molecule has 0 radical (unpaired) electrons. The first-order valence-electron chi connectivity index (χ1n) is 7.34. The second-order valence-electron chi connectivity index (χ2n) is 4.98. The largest absolute Gasteiger partial charge is 0.352 e. The maximum Gasteiger partial charge on any atom is 0.251 e. The fraction of sp³-hybridized carbons (Fsp3) is 0.533. The highest BCUT2D eigenvalue weighted by molar-refractivity contribution is 5.94. The van der Waals surface area contributed by atoms with Crippen LogP contribution in [-0.4, -0.2) is 12.5 Å². The standard InChI is InChI=1S/C15H23F2N3O/c1-2-3-4-5-6-7-8-19-15(21)11-9-12(16)14(20-18)13(17)10-11/h9-10,20H,2-8,18H2,1H3,(H,19,21). The molecule has 1 rings (SSSR count). The van der Waals surface area contributed by atoms with Gasteiger partial charge in [0.25, 0.3) is 5.91 Å². The van der Waals surface area contributed by atoms with Crippen molar-refractivity contribution in [1.82, 2.24) is 5.32 Å². The van der Waals surface area contributed by atoms with Gasteiger partial charge in [0, 0.05) is 12.1 Å². The lowest BCUT2D eigenvalue weighted by Crippen LogP contribution is -2.25. The Bertz CT molecular complexity index is 443. The molecule has 6 heteroatoms. The van der Waals surface area contributed by atoms with Gasteiger partial charge in [0.2, 0.25) is 0 Å². The molecule has 1 aromatic carbocycles. The Morgan fingerprint density at radius 3 is 2.24 bits per heavy atom. The van der Waals surface area contributed by atoms with Gasteiger partial charge in [-0.3, -0.25) is 10.6 Å². The Morgan fingerprint density at radius 2 is 1.67 bits per heavy atom. The molecule has 0 spiro atoms. The van der Waals surface area contributed by atoms with Crippen molar-refractivity contribution in [3.8, 4) is 0 Å². The first kappa shape index (κ1) is 17.4. The van der Waals surface area contributed by atoms with Gasteiger partial charge in [-0.05, 0) is 18.6 Å². The van der Waals surface area contributed by atoms with Crippen LogP contribution in [0.5, 0.6) is 0 Å². The third kappa shape index (κ3) is 5.67. The van der Waals surface area contributed by atoms with E-state index in [0.29, 0.717) is 6.54 Å². The van der Waals surface area contributed by atoms with Gasteiger partial charge < -0.3 is 10.7 Å². The minimum atomic E-state index is -0.887. The Morgan fingerprint density at radius 1 is 1.10 bits per heavy atom. The summed E-state index contributed by atoms with van der Waals surface area (Å²) in [6, 6.07) is 1.93. The summed E-state index contributed by atoms with van der Waals surface area (Å²) in [5.41, 5.74) is 1.44. The summed E-state index contributed by atoms with van der Waals surface area (Å²) in [6.07, 6.45) is 6.67. The van der Waals surface area contributed by atoms with Crippen LogP contribution in [0, 0.1) is 11.6 Å². The Kier molecular flexibility index (Phi) is 7.68. The SMILES string of the molecule is CCCCCCCCNC(=O)c1cc(F)c(NN)c(F)c1. The zero-order chi connectivity index (χ0) is 15.7. The lowest BCUT2D eigenvalue weighted by Gasteiger charge is -2.08. The molecular weight excluding hydrogens is 276 g/mol. The van der Waals surface area contributed by atoms with E-state index in [1.165, 1.54) is 19.3 Å². The van der Waals surface area contributed by atoms with Gasteiger partial charge >= 0.3 is 0 Å². The van der Waals surface area contributed by atoms with Gasteiger partial charge in [-0.15, -0.1) is 0 Å². The summed E-state index contributed by atoms with van der Waals surface area (Å²) in [5.74, 6) is 2.74. The predicted octanol–water partition coefficient (Wildman–Crippen LogP) is 3.34. The molecule has 118 valence electrons. The van der Waals surface area contributed by atoms with E-state index in [9.17, 15) is 13.6 Å². The lowest BCUT2D eigenvalue weighted by atomic mass is 10.1. The molecule has 4 N–H and O–H groups in total. The Hall–Kier alpha value is -1.69. The van der Waals surface area contributed by atoms with Crippen molar-refractivity contribution in [3.05, 3.63) is 29.3 Å². The number of anilines is 1. The Balaban J connectivity index is 2.39. The minimum Gasteiger partial charge on any atom is -0.352 e. The molecule has 0 saturated carbocycles. The second kappa shape index (κ2) is 9.28. The van der Waals surface area contributed by atoms with Crippen LogP contribution in [0.25, 0.3) is 0 Å². The summed E-state index contributed by atoms with van der Waals surface area (Å²) in [7, 11) is 0. The minimum absolute atomic E-state index is 0.0463. The first-order chi connectivity index (χ1) is 10.1. The number of carbonyl (C=O) groups excluding carboxylic acids is 1. The van der Waals surface area contributed by atoms with E-state index in [1.807, 2.05) is 5.43 Å². The van der Waals surface area contributed by atoms with Crippen LogP contribution in [0.15, 0.2) is 12.1 Å². The van der Waals surface area contributed by atoms with Crippen LogP contribution >= 0.6 is 0 Å². The third-order valence-corrected chi connectivity index (χ3v) is 3.26. The smallest absolute Gasteiger partial charge is 0.251 e. The molecule has 0 saturated heterocycles. The van der Waals surface area contributed by atoms with E-state index < -0.39 is 23.2 Å². The summed E-state index contributed by atoms with van der Waals surface area (Å²) in [4.78, 5) is 11.8. The second-order valence-corrected chi connectivity index (χ2v) is 4.98. The normalized spacial score (nSPS) is 10.5. The number of hydrogen-bond acceptors (Lipinski definition) is 3. The molecule has 0 aliphatic rings. The highest BCUT2D eigenvalue weighted by Gasteiger charge is 2.14. The first-order valence-corrected chi connectivity index (χ1v) is 7.34. The van der Waals surface area contributed by atoms with E-state index in [4.69, 9.17) is 5.84 Å². The van der Waals surface area contributed by atoms with Crippen LogP contribution in [0.2, 0.25) is 0 Å². The zero-order valence-electron chi connectivity index (χ0n) is 12.3. The van der Waals surface area contributed by atoms with E-state index in [2.05, 4.69) is 12.2 Å². The number of hydrogen-bond donors (Lipinski definition) is 3. The van der Waals surface area contributed by atoms with Crippen LogP contribution in [0.4, 0.5) is 14.5 Å². The molecule has 0 bridgehead atoms. The maximum absolute atomic E-state index is 13.5. The van der Waals surface area contributed by atoms with E-state index in [-0.39, 0.29) is 5.56 Å². The number of nitrogens with two attached hydrogens (primary N) is 1. The van der Waals surface area contributed by atoms with E-state index in [0.717, 1.165) is 31.4 Å². The number of amides is 1. The number of nitrogens with one attached hydrogen (secondary N) is 2. The maximum atomic E-state index is 13.5. The zero-order valence-corrected chi connectivity index (χ0v) is 12.3.